The second kappa shape index (κ2) is 8.56. The van der Waals surface area contributed by atoms with Crippen molar-refractivity contribution >= 4 is 11.4 Å². The van der Waals surface area contributed by atoms with E-state index >= 15 is 0 Å². The lowest BCUT2D eigenvalue weighted by molar-refractivity contribution is -0.384. The number of aryl methyl sites for hydroxylation is 1. The van der Waals surface area contributed by atoms with E-state index in [1.54, 1.807) is 19.2 Å². The van der Waals surface area contributed by atoms with Gasteiger partial charge in [-0.05, 0) is 38.8 Å². The molecule has 0 amide bonds. The van der Waals surface area contributed by atoms with Gasteiger partial charge in [0.05, 0.1) is 17.7 Å². The van der Waals surface area contributed by atoms with E-state index in [4.69, 9.17) is 4.74 Å². The Morgan fingerprint density at radius 2 is 1.89 bits per heavy atom. The molecule has 150 valence electrons. The molecule has 1 saturated heterocycles. The van der Waals surface area contributed by atoms with E-state index in [-0.39, 0.29) is 10.6 Å². The average molecular weight is 384 g/mol. The predicted octanol–water partition coefficient (Wildman–Crippen LogP) is 3.72. The molecule has 1 aromatic heterocycles. The lowest BCUT2D eigenvalue weighted by Gasteiger charge is -2.37. The lowest BCUT2D eigenvalue weighted by Crippen LogP contribution is -2.43. The van der Waals surface area contributed by atoms with Crippen molar-refractivity contribution in [2.45, 2.75) is 39.3 Å². The van der Waals surface area contributed by atoms with Crippen LogP contribution in [0.2, 0.25) is 0 Å². The molecule has 0 bridgehead atoms. The first-order chi connectivity index (χ1) is 13.4. The molecule has 1 aromatic carbocycles. The largest absolute Gasteiger partial charge is 0.496 e. The Bertz CT molecular complexity index is 830. The van der Waals surface area contributed by atoms with Gasteiger partial charge in [0.25, 0.3) is 5.69 Å². The first-order valence-corrected chi connectivity index (χ1v) is 9.59. The summed E-state index contributed by atoms with van der Waals surface area (Å²) in [5.74, 6) is 0.929. The van der Waals surface area contributed by atoms with Crippen molar-refractivity contribution in [2.24, 2.45) is 0 Å². The molecule has 2 aromatic rings. The van der Waals surface area contributed by atoms with Gasteiger partial charge < -0.3 is 9.64 Å². The van der Waals surface area contributed by atoms with Gasteiger partial charge >= 0.3 is 0 Å². The van der Waals surface area contributed by atoms with Gasteiger partial charge in [-0.2, -0.15) is 0 Å². The van der Waals surface area contributed by atoms with Gasteiger partial charge in [-0.25, -0.2) is 0 Å². The van der Waals surface area contributed by atoms with Crippen LogP contribution in [-0.4, -0.2) is 48.1 Å². The van der Waals surface area contributed by atoms with Gasteiger partial charge in [0.1, 0.15) is 5.75 Å². The van der Waals surface area contributed by atoms with Crippen LogP contribution in [0.4, 0.5) is 11.4 Å². The minimum absolute atomic E-state index is 0.128. The van der Waals surface area contributed by atoms with Crippen molar-refractivity contribution in [1.82, 2.24) is 9.88 Å². The zero-order valence-electron chi connectivity index (χ0n) is 17.0. The lowest BCUT2D eigenvalue weighted by atomic mass is 10.0. The number of nitro benzene ring substituents is 1. The summed E-state index contributed by atoms with van der Waals surface area (Å²) in [6.45, 7) is 6.92. The summed E-state index contributed by atoms with van der Waals surface area (Å²) in [6, 6.07) is 7.23. The fourth-order valence-corrected chi connectivity index (χ4v) is 3.93. The maximum Gasteiger partial charge on any atom is 0.269 e. The third-order valence-electron chi connectivity index (χ3n) is 5.70. The quantitative estimate of drug-likeness (QED) is 0.558. The van der Waals surface area contributed by atoms with Crippen LogP contribution in [0.5, 0.6) is 5.75 Å². The molecule has 0 aliphatic carbocycles. The van der Waals surface area contributed by atoms with Crippen LogP contribution >= 0.6 is 0 Å². The van der Waals surface area contributed by atoms with Gasteiger partial charge in [0.2, 0.25) is 0 Å². The highest BCUT2D eigenvalue weighted by Crippen LogP contribution is 2.27. The number of hydrogen-bond donors (Lipinski definition) is 0. The highest BCUT2D eigenvalue weighted by Gasteiger charge is 2.24. The molecule has 1 fully saturated rings. The normalized spacial score (nSPS) is 15.4. The second-order valence-electron chi connectivity index (χ2n) is 7.44. The zero-order chi connectivity index (χ0) is 20.3. The molecule has 0 N–H and O–H groups in total. The van der Waals surface area contributed by atoms with Gasteiger partial charge in [0, 0.05) is 67.9 Å². The summed E-state index contributed by atoms with van der Waals surface area (Å²) in [6.07, 6.45) is 3.99. The minimum Gasteiger partial charge on any atom is -0.496 e. The summed E-state index contributed by atoms with van der Waals surface area (Å²) in [5.41, 5.74) is 4.40. The van der Waals surface area contributed by atoms with Crippen LogP contribution in [0.3, 0.4) is 0 Å². The van der Waals surface area contributed by atoms with Gasteiger partial charge in [0.15, 0.2) is 0 Å². The van der Waals surface area contributed by atoms with Gasteiger partial charge in [-0.15, -0.1) is 0 Å². The number of aromatic nitrogens is 1. The summed E-state index contributed by atoms with van der Waals surface area (Å²) < 4.78 is 5.52. The molecule has 3 rings (SSSR count). The van der Waals surface area contributed by atoms with E-state index in [1.165, 1.54) is 0 Å². The predicted molar refractivity (Wildman–Crippen MR) is 110 cm³/mol. The van der Waals surface area contributed by atoms with Crippen molar-refractivity contribution in [3.63, 3.8) is 0 Å². The number of rotatable bonds is 6. The number of nitro groups is 1. The number of nitrogens with zero attached hydrogens (tertiary/aromatic N) is 4. The van der Waals surface area contributed by atoms with Crippen molar-refractivity contribution in [2.75, 3.05) is 32.1 Å². The molecule has 28 heavy (non-hydrogen) atoms. The Labute approximate surface area is 166 Å². The fraction of sp³-hybridized carbons (Fsp3) is 0.476. The van der Waals surface area contributed by atoms with E-state index in [1.807, 2.05) is 25.3 Å². The number of likely N-dealkylation sites (tertiary alicyclic amines) is 1. The molecule has 0 saturated carbocycles. The van der Waals surface area contributed by atoms with Gasteiger partial charge in [-0.1, -0.05) is 0 Å². The maximum atomic E-state index is 10.8. The number of ether oxygens (including phenoxy) is 1. The number of benzene rings is 1. The number of piperidine rings is 1. The van der Waals surface area contributed by atoms with E-state index < -0.39 is 0 Å². The van der Waals surface area contributed by atoms with E-state index in [2.05, 4.69) is 28.8 Å². The van der Waals surface area contributed by atoms with Crippen LogP contribution in [-0.2, 0) is 6.54 Å². The van der Waals surface area contributed by atoms with E-state index in [0.717, 1.165) is 60.7 Å². The first-order valence-electron chi connectivity index (χ1n) is 9.59. The van der Waals surface area contributed by atoms with Gasteiger partial charge in [-0.3, -0.25) is 20.0 Å². The smallest absolute Gasteiger partial charge is 0.269 e. The summed E-state index contributed by atoms with van der Waals surface area (Å²) in [7, 11) is 3.77. The summed E-state index contributed by atoms with van der Waals surface area (Å²) >= 11 is 0. The molecule has 0 unspecified atom stereocenters. The zero-order valence-corrected chi connectivity index (χ0v) is 17.0. The molecule has 1 aliphatic heterocycles. The molecular formula is C21H28N4O3. The van der Waals surface area contributed by atoms with Crippen LogP contribution in [0.15, 0.2) is 30.5 Å². The summed E-state index contributed by atoms with van der Waals surface area (Å²) in [5, 5.41) is 10.8. The van der Waals surface area contributed by atoms with Crippen LogP contribution in [0, 0.1) is 24.0 Å². The second-order valence-corrected chi connectivity index (χ2v) is 7.44. The molecule has 0 radical (unpaired) electrons. The van der Waals surface area contributed by atoms with Crippen molar-refractivity contribution in [3.05, 3.63) is 57.4 Å². The monoisotopic (exact) mass is 384 g/mol. The van der Waals surface area contributed by atoms with Crippen molar-refractivity contribution in [3.8, 4) is 5.75 Å². The number of anilines is 1. The number of non-ortho nitro benzene ring substituents is 1. The molecule has 1 aliphatic rings. The number of pyridine rings is 1. The molecular weight excluding hydrogens is 356 g/mol. The molecule has 0 spiro atoms. The van der Waals surface area contributed by atoms with Crippen LogP contribution < -0.4 is 9.64 Å². The highest BCUT2D eigenvalue weighted by molar-refractivity contribution is 5.51. The molecule has 0 atom stereocenters. The third-order valence-corrected chi connectivity index (χ3v) is 5.70. The molecule has 2 heterocycles. The van der Waals surface area contributed by atoms with Crippen LogP contribution in [0.25, 0.3) is 0 Å². The Balaban J connectivity index is 1.59. The topological polar surface area (TPSA) is 71.7 Å². The van der Waals surface area contributed by atoms with E-state index in [9.17, 15) is 10.1 Å². The SMILES string of the molecule is COc1c(C)cnc(CN2CCC(N(C)c3ccc([N+](=O)[O-])cc3)CC2)c1C. The Hall–Kier alpha value is -2.67. The maximum absolute atomic E-state index is 10.8. The first kappa shape index (κ1) is 20.1. The summed E-state index contributed by atoms with van der Waals surface area (Å²) in [4.78, 5) is 19.8. The Morgan fingerprint density at radius 3 is 2.46 bits per heavy atom. The van der Waals surface area contributed by atoms with Crippen LogP contribution in [0.1, 0.15) is 29.7 Å². The fourth-order valence-electron chi connectivity index (χ4n) is 3.93. The van der Waals surface area contributed by atoms with Crippen molar-refractivity contribution in [1.29, 1.82) is 0 Å². The Kier molecular flexibility index (Phi) is 6.14. The third kappa shape index (κ3) is 4.25. The van der Waals surface area contributed by atoms with E-state index in [0.29, 0.717) is 6.04 Å². The average Bonchev–Trinajstić information content (AvgIpc) is 2.70. The molecule has 7 nitrogen and oxygen atoms in total. The van der Waals surface area contributed by atoms with Crippen molar-refractivity contribution < 1.29 is 9.66 Å². The number of methoxy groups -OCH3 is 1. The highest BCUT2D eigenvalue weighted by atomic mass is 16.6. The number of hydrogen-bond acceptors (Lipinski definition) is 6. The molecule has 7 heteroatoms. The standard InChI is InChI=1S/C21H28N4O3/c1-15-13-22-20(16(2)21(15)28-4)14-24-11-9-18(10-12-24)23(3)17-5-7-19(8-6-17)25(26)27/h5-8,13,18H,9-12,14H2,1-4H3. The Morgan fingerprint density at radius 1 is 1.25 bits per heavy atom. The minimum atomic E-state index is -0.363.